The zero-order valence-corrected chi connectivity index (χ0v) is 19.3. The number of hydrogen-bond donors (Lipinski definition) is 3. The number of rotatable bonds is 6. The molecule has 5 amide bonds. The first-order valence-corrected chi connectivity index (χ1v) is 12.6. The van der Waals surface area contributed by atoms with Crippen molar-refractivity contribution in [3.05, 3.63) is 77.4 Å². The fourth-order valence-corrected chi connectivity index (χ4v) is 4.90. The number of carbonyl (C=O) groups is 3. The van der Waals surface area contributed by atoms with Gasteiger partial charge in [-0.25, -0.2) is 22.7 Å². The van der Waals surface area contributed by atoms with Gasteiger partial charge in [-0.1, -0.05) is 42.5 Å². The van der Waals surface area contributed by atoms with E-state index in [-0.39, 0.29) is 29.9 Å². The van der Waals surface area contributed by atoms with Gasteiger partial charge in [-0.3, -0.25) is 9.69 Å². The number of allylic oxidation sites excluding steroid dienone is 1. The average Bonchev–Trinajstić information content (AvgIpc) is 3.16. The minimum Gasteiger partial charge on any atom is -0.337 e. The summed E-state index contributed by atoms with van der Waals surface area (Å²) < 4.78 is 27.0. The summed E-state index contributed by atoms with van der Waals surface area (Å²) in [6, 6.07) is 11.9. The number of fused-ring (bicyclic) bond motifs is 1. The van der Waals surface area contributed by atoms with Crippen LogP contribution in [-0.4, -0.2) is 43.9 Å². The number of sulfonamides is 1. The van der Waals surface area contributed by atoms with Gasteiger partial charge in [-0.15, -0.1) is 0 Å². The molecule has 0 bridgehead atoms. The van der Waals surface area contributed by atoms with E-state index in [9.17, 15) is 22.8 Å². The van der Waals surface area contributed by atoms with Crippen molar-refractivity contribution in [3.8, 4) is 0 Å². The lowest BCUT2D eigenvalue weighted by Crippen LogP contribution is -2.44. The van der Waals surface area contributed by atoms with E-state index in [0.717, 1.165) is 24.0 Å². The van der Waals surface area contributed by atoms with Crippen molar-refractivity contribution in [1.29, 1.82) is 0 Å². The second-order valence-electron chi connectivity index (χ2n) is 8.23. The predicted molar refractivity (Wildman–Crippen MR) is 125 cm³/mol. The van der Waals surface area contributed by atoms with Gasteiger partial charge in [0.2, 0.25) is 0 Å². The van der Waals surface area contributed by atoms with Crippen LogP contribution in [0, 0.1) is 0 Å². The van der Waals surface area contributed by atoms with E-state index in [4.69, 9.17) is 0 Å². The molecule has 2 aromatic carbocycles. The van der Waals surface area contributed by atoms with E-state index in [1.165, 1.54) is 17.0 Å². The van der Waals surface area contributed by atoms with Gasteiger partial charge in [-0.05, 0) is 55.0 Å². The van der Waals surface area contributed by atoms with Crippen LogP contribution < -0.4 is 15.4 Å². The largest absolute Gasteiger partial charge is 0.337 e. The van der Waals surface area contributed by atoms with Crippen LogP contribution in [0.15, 0.2) is 65.6 Å². The number of benzene rings is 2. The zero-order valence-electron chi connectivity index (χ0n) is 18.5. The van der Waals surface area contributed by atoms with Crippen molar-refractivity contribution in [3.63, 3.8) is 0 Å². The molecule has 9 nitrogen and oxygen atoms in total. The standard InChI is InChI=1S/C24H26N4O5S/c29-22-21-9-5-4-6-18(21)16-28(22)24(31)25-15-14-17-10-12-20(13-11-17)34(32,33)27-23(30)26-19-7-2-1-3-8-19/h1-2,4-6,9-13,19H,3,7-8,14-16H2,(H,25,31)(H2,26,27,30). The quantitative estimate of drug-likeness (QED) is 0.546. The Bertz CT molecular complexity index is 1220. The number of imide groups is 1. The molecular weight excluding hydrogens is 456 g/mol. The van der Waals surface area contributed by atoms with Crippen molar-refractivity contribution < 1.29 is 22.8 Å². The van der Waals surface area contributed by atoms with Gasteiger partial charge in [0.1, 0.15) is 0 Å². The number of carbonyl (C=O) groups excluding carboxylic acids is 3. The summed E-state index contributed by atoms with van der Waals surface area (Å²) in [5.74, 6) is -0.320. The molecule has 0 saturated carbocycles. The smallest absolute Gasteiger partial charge is 0.328 e. The molecule has 1 atom stereocenters. The average molecular weight is 483 g/mol. The number of urea groups is 2. The Kier molecular flexibility index (Phi) is 6.97. The normalized spacial score (nSPS) is 17.2. The van der Waals surface area contributed by atoms with Crippen LogP contribution in [0.25, 0.3) is 0 Å². The van der Waals surface area contributed by atoms with Crippen molar-refractivity contribution in [2.24, 2.45) is 0 Å². The maximum Gasteiger partial charge on any atom is 0.328 e. The summed E-state index contributed by atoms with van der Waals surface area (Å²) in [4.78, 5) is 38.0. The third-order valence-electron chi connectivity index (χ3n) is 5.82. The number of hydrogen-bond acceptors (Lipinski definition) is 5. The van der Waals surface area contributed by atoms with Gasteiger partial charge in [0.05, 0.1) is 11.4 Å². The molecule has 34 heavy (non-hydrogen) atoms. The van der Waals surface area contributed by atoms with Gasteiger partial charge >= 0.3 is 12.1 Å². The molecule has 10 heteroatoms. The van der Waals surface area contributed by atoms with Crippen LogP contribution >= 0.6 is 0 Å². The minimum absolute atomic E-state index is 0.0283. The Morgan fingerprint density at radius 2 is 1.79 bits per heavy atom. The van der Waals surface area contributed by atoms with Crippen LogP contribution in [-0.2, 0) is 23.0 Å². The summed E-state index contributed by atoms with van der Waals surface area (Å²) in [7, 11) is -4.00. The van der Waals surface area contributed by atoms with E-state index < -0.39 is 22.1 Å². The van der Waals surface area contributed by atoms with E-state index in [0.29, 0.717) is 18.4 Å². The molecule has 1 aliphatic carbocycles. The van der Waals surface area contributed by atoms with Crippen molar-refractivity contribution >= 4 is 28.0 Å². The predicted octanol–water partition coefficient (Wildman–Crippen LogP) is 2.69. The lowest BCUT2D eigenvalue weighted by Gasteiger charge is -2.19. The molecule has 1 aliphatic heterocycles. The van der Waals surface area contributed by atoms with Crippen LogP contribution in [0.1, 0.15) is 40.7 Å². The summed E-state index contributed by atoms with van der Waals surface area (Å²) >= 11 is 0. The highest BCUT2D eigenvalue weighted by molar-refractivity contribution is 7.90. The molecule has 4 rings (SSSR count). The van der Waals surface area contributed by atoms with Crippen LogP contribution in [0.4, 0.5) is 9.59 Å². The molecule has 2 aromatic rings. The lowest BCUT2D eigenvalue weighted by molar-refractivity contribution is 0.0821. The van der Waals surface area contributed by atoms with E-state index in [2.05, 4.69) is 10.6 Å². The molecule has 1 unspecified atom stereocenters. The maximum absolute atomic E-state index is 12.5. The molecule has 3 N–H and O–H groups in total. The molecule has 0 fully saturated rings. The fraction of sp³-hybridized carbons (Fsp3) is 0.292. The summed E-state index contributed by atoms with van der Waals surface area (Å²) in [5.41, 5.74) is 2.15. The highest BCUT2D eigenvalue weighted by Gasteiger charge is 2.31. The van der Waals surface area contributed by atoms with Gasteiger partial charge in [0.25, 0.3) is 15.9 Å². The number of amides is 5. The zero-order chi connectivity index (χ0) is 24.1. The fourth-order valence-electron chi connectivity index (χ4n) is 3.98. The molecule has 178 valence electrons. The second kappa shape index (κ2) is 10.1. The number of nitrogens with one attached hydrogen (secondary N) is 3. The first-order chi connectivity index (χ1) is 16.3. The first kappa shape index (κ1) is 23.5. The third kappa shape index (κ3) is 5.45. The van der Waals surface area contributed by atoms with Crippen molar-refractivity contribution in [2.75, 3.05) is 6.54 Å². The van der Waals surface area contributed by atoms with E-state index in [1.807, 2.05) is 29.0 Å². The summed E-state index contributed by atoms with van der Waals surface area (Å²) in [6.07, 6.45) is 6.74. The van der Waals surface area contributed by atoms with Crippen LogP contribution in [0.3, 0.4) is 0 Å². The Balaban J connectivity index is 1.25. The van der Waals surface area contributed by atoms with Crippen molar-refractivity contribution in [1.82, 2.24) is 20.3 Å². The summed E-state index contributed by atoms with van der Waals surface area (Å²) in [5, 5.41) is 5.40. The molecule has 0 aromatic heterocycles. The molecule has 0 radical (unpaired) electrons. The first-order valence-electron chi connectivity index (χ1n) is 11.1. The molecule has 1 heterocycles. The third-order valence-corrected chi connectivity index (χ3v) is 7.17. The van der Waals surface area contributed by atoms with Crippen molar-refractivity contribution in [2.45, 2.75) is 43.2 Å². The summed E-state index contributed by atoms with van der Waals surface area (Å²) in [6.45, 7) is 0.521. The minimum atomic E-state index is -4.00. The maximum atomic E-state index is 12.5. The van der Waals surface area contributed by atoms with Gasteiger partial charge in [0.15, 0.2) is 0 Å². The number of nitrogens with zero attached hydrogens (tertiary/aromatic N) is 1. The van der Waals surface area contributed by atoms with Gasteiger partial charge in [0, 0.05) is 18.2 Å². The Morgan fingerprint density at radius 1 is 1.03 bits per heavy atom. The van der Waals surface area contributed by atoms with Gasteiger partial charge in [-0.2, -0.15) is 0 Å². The topological polar surface area (TPSA) is 125 Å². The SMILES string of the molecule is O=C(NC1CC=CCC1)NS(=O)(=O)c1ccc(CCNC(=O)N2Cc3ccccc3C2=O)cc1. The molecular formula is C24H26N4O5S. The molecule has 0 spiro atoms. The van der Waals surface area contributed by atoms with Crippen LogP contribution in [0.2, 0.25) is 0 Å². The second-order valence-corrected chi connectivity index (χ2v) is 9.92. The Hall–Kier alpha value is -3.66. The monoisotopic (exact) mass is 482 g/mol. The Morgan fingerprint density at radius 3 is 2.50 bits per heavy atom. The lowest BCUT2D eigenvalue weighted by atomic mass is 10.0. The van der Waals surface area contributed by atoms with Crippen LogP contribution in [0.5, 0.6) is 0 Å². The molecule has 2 aliphatic rings. The highest BCUT2D eigenvalue weighted by Crippen LogP contribution is 2.22. The van der Waals surface area contributed by atoms with E-state index in [1.54, 1.807) is 24.3 Å². The van der Waals surface area contributed by atoms with Gasteiger partial charge < -0.3 is 10.6 Å². The highest BCUT2D eigenvalue weighted by atomic mass is 32.2. The molecule has 0 saturated heterocycles. The Labute approximate surface area is 198 Å². The van der Waals surface area contributed by atoms with E-state index >= 15 is 0 Å².